The fourth-order valence-electron chi connectivity index (χ4n) is 3.36. The minimum atomic E-state index is -0.312. The summed E-state index contributed by atoms with van der Waals surface area (Å²) in [7, 11) is 1.82. The monoisotopic (exact) mass is 433 g/mol. The standard InChI is InChI=1S/C24H23N3O5/c1-14-22(15(2)27(4)26-14)25-21(28)13-30-18-10-11-19-20(12-18)31-16(3)24(23(19)29)32-17-8-6-5-7-9-17/h5-12H,13H2,1-4H3,(H,25,28). The zero-order valence-corrected chi connectivity index (χ0v) is 18.3. The van der Waals surface area contributed by atoms with E-state index in [2.05, 4.69) is 10.4 Å². The van der Waals surface area contributed by atoms with Crippen molar-refractivity contribution in [3.8, 4) is 17.2 Å². The summed E-state index contributed by atoms with van der Waals surface area (Å²) in [6, 6.07) is 13.8. The molecule has 0 aliphatic heterocycles. The number of nitrogens with one attached hydrogen (secondary N) is 1. The predicted molar refractivity (Wildman–Crippen MR) is 121 cm³/mol. The Hall–Kier alpha value is -4.07. The van der Waals surface area contributed by atoms with Crippen molar-refractivity contribution in [2.24, 2.45) is 7.05 Å². The van der Waals surface area contributed by atoms with E-state index in [-0.39, 0.29) is 23.7 Å². The number of benzene rings is 2. The number of nitrogens with zero attached hydrogens (tertiary/aromatic N) is 2. The van der Waals surface area contributed by atoms with E-state index < -0.39 is 0 Å². The van der Waals surface area contributed by atoms with Crippen LogP contribution in [0, 0.1) is 20.8 Å². The van der Waals surface area contributed by atoms with Crippen molar-refractivity contribution in [3.05, 3.63) is 75.9 Å². The van der Waals surface area contributed by atoms with Crippen LogP contribution in [0.3, 0.4) is 0 Å². The van der Waals surface area contributed by atoms with Gasteiger partial charge in [-0.05, 0) is 45.0 Å². The van der Waals surface area contributed by atoms with Crippen molar-refractivity contribution in [1.82, 2.24) is 9.78 Å². The third-order valence-electron chi connectivity index (χ3n) is 5.09. The van der Waals surface area contributed by atoms with E-state index in [1.807, 2.05) is 39.1 Å². The molecule has 1 amide bonds. The summed E-state index contributed by atoms with van der Waals surface area (Å²) in [5.74, 6) is 1.13. The highest BCUT2D eigenvalue weighted by atomic mass is 16.5. The molecule has 0 radical (unpaired) electrons. The number of ether oxygens (including phenoxy) is 2. The molecule has 32 heavy (non-hydrogen) atoms. The molecule has 0 bridgehead atoms. The SMILES string of the molecule is Cc1nn(C)c(C)c1NC(=O)COc1ccc2c(=O)c(Oc3ccccc3)c(C)oc2c1. The van der Waals surface area contributed by atoms with Crippen molar-refractivity contribution >= 4 is 22.6 Å². The molecular weight excluding hydrogens is 410 g/mol. The van der Waals surface area contributed by atoms with Gasteiger partial charge in [-0.1, -0.05) is 18.2 Å². The van der Waals surface area contributed by atoms with Crippen LogP contribution in [0.4, 0.5) is 5.69 Å². The first-order chi connectivity index (χ1) is 15.3. The molecule has 8 nitrogen and oxygen atoms in total. The van der Waals surface area contributed by atoms with Gasteiger partial charge in [0.15, 0.2) is 6.61 Å². The van der Waals surface area contributed by atoms with Gasteiger partial charge < -0.3 is 19.2 Å². The largest absolute Gasteiger partial charge is 0.484 e. The molecule has 2 heterocycles. The van der Waals surface area contributed by atoms with E-state index in [1.54, 1.807) is 41.9 Å². The normalized spacial score (nSPS) is 10.9. The Morgan fingerprint density at radius 2 is 1.84 bits per heavy atom. The maximum atomic E-state index is 12.9. The second-order valence-corrected chi connectivity index (χ2v) is 7.40. The third-order valence-corrected chi connectivity index (χ3v) is 5.09. The Labute approximate surface area is 184 Å². The van der Waals surface area contributed by atoms with Gasteiger partial charge in [-0.25, -0.2) is 0 Å². The number of rotatable bonds is 6. The van der Waals surface area contributed by atoms with E-state index in [0.717, 1.165) is 11.4 Å². The van der Waals surface area contributed by atoms with Gasteiger partial charge in [0.2, 0.25) is 11.2 Å². The van der Waals surface area contributed by atoms with Crippen molar-refractivity contribution in [1.29, 1.82) is 0 Å². The lowest BCUT2D eigenvalue weighted by molar-refractivity contribution is -0.118. The number of hydrogen-bond donors (Lipinski definition) is 1. The fraction of sp³-hybridized carbons (Fsp3) is 0.208. The summed E-state index contributed by atoms with van der Waals surface area (Å²) in [5, 5.41) is 7.45. The minimum Gasteiger partial charge on any atom is -0.484 e. The van der Waals surface area contributed by atoms with Gasteiger partial charge in [0.05, 0.1) is 22.5 Å². The third kappa shape index (κ3) is 4.20. The molecular formula is C24H23N3O5. The average molecular weight is 433 g/mol. The molecule has 1 N–H and O–H groups in total. The van der Waals surface area contributed by atoms with E-state index in [1.165, 1.54) is 0 Å². The molecule has 0 atom stereocenters. The number of aromatic nitrogens is 2. The molecule has 8 heteroatoms. The molecule has 0 fully saturated rings. The van der Waals surface area contributed by atoms with E-state index in [9.17, 15) is 9.59 Å². The Bertz CT molecular complexity index is 1360. The summed E-state index contributed by atoms with van der Waals surface area (Å²) in [6.07, 6.45) is 0. The lowest BCUT2D eigenvalue weighted by atomic mass is 10.2. The number of hydrogen-bond acceptors (Lipinski definition) is 6. The zero-order chi connectivity index (χ0) is 22.8. The van der Waals surface area contributed by atoms with Crippen LogP contribution in [-0.2, 0) is 11.8 Å². The van der Waals surface area contributed by atoms with Crippen molar-refractivity contribution in [2.75, 3.05) is 11.9 Å². The number of carbonyl (C=O) groups is 1. The van der Waals surface area contributed by atoms with Gasteiger partial charge in [-0.15, -0.1) is 0 Å². The van der Waals surface area contributed by atoms with Crippen molar-refractivity contribution in [2.45, 2.75) is 20.8 Å². The fourth-order valence-corrected chi connectivity index (χ4v) is 3.36. The first-order valence-electron chi connectivity index (χ1n) is 10.1. The van der Waals surface area contributed by atoms with Gasteiger partial charge in [0.1, 0.15) is 22.8 Å². The lowest BCUT2D eigenvalue weighted by Gasteiger charge is -2.10. The summed E-state index contributed by atoms with van der Waals surface area (Å²) in [5.41, 5.74) is 2.33. The van der Waals surface area contributed by atoms with Crippen LogP contribution in [0.5, 0.6) is 17.2 Å². The van der Waals surface area contributed by atoms with Gasteiger partial charge in [0, 0.05) is 13.1 Å². The Balaban J connectivity index is 1.50. The molecule has 4 aromatic rings. The molecule has 0 spiro atoms. The van der Waals surface area contributed by atoms with Gasteiger partial charge >= 0.3 is 0 Å². The van der Waals surface area contributed by atoms with Crippen LogP contribution in [-0.4, -0.2) is 22.3 Å². The number of para-hydroxylation sites is 1. The topological polar surface area (TPSA) is 95.6 Å². The Kier molecular flexibility index (Phi) is 5.68. The number of fused-ring (bicyclic) bond motifs is 1. The smallest absolute Gasteiger partial charge is 0.262 e. The van der Waals surface area contributed by atoms with Crippen molar-refractivity contribution < 1.29 is 18.7 Å². The van der Waals surface area contributed by atoms with Crippen LogP contribution in [0.25, 0.3) is 11.0 Å². The number of anilines is 1. The first kappa shape index (κ1) is 21.2. The molecule has 0 aliphatic rings. The van der Waals surface area contributed by atoms with Crippen LogP contribution in [0.1, 0.15) is 17.1 Å². The van der Waals surface area contributed by atoms with Crippen LogP contribution >= 0.6 is 0 Å². The predicted octanol–water partition coefficient (Wildman–Crippen LogP) is 4.26. The molecule has 0 saturated carbocycles. The second kappa shape index (κ2) is 8.58. The molecule has 4 rings (SSSR count). The lowest BCUT2D eigenvalue weighted by Crippen LogP contribution is -2.21. The molecule has 2 aromatic heterocycles. The second-order valence-electron chi connectivity index (χ2n) is 7.40. The zero-order valence-electron chi connectivity index (χ0n) is 18.3. The molecule has 0 saturated heterocycles. The van der Waals surface area contributed by atoms with Crippen LogP contribution in [0.2, 0.25) is 0 Å². The summed E-state index contributed by atoms with van der Waals surface area (Å²) >= 11 is 0. The Morgan fingerprint density at radius 3 is 2.53 bits per heavy atom. The molecule has 2 aromatic carbocycles. The number of aryl methyl sites for hydroxylation is 3. The van der Waals surface area contributed by atoms with E-state index in [0.29, 0.717) is 33.9 Å². The van der Waals surface area contributed by atoms with E-state index >= 15 is 0 Å². The summed E-state index contributed by atoms with van der Waals surface area (Å²) in [6.45, 7) is 5.17. The van der Waals surface area contributed by atoms with Gasteiger partial charge in [-0.2, -0.15) is 5.10 Å². The highest BCUT2D eigenvalue weighted by molar-refractivity contribution is 5.93. The van der Waals surface area contributed by atoms with Gasteiger partial charge in [0.25, 0.3) is 5.91 Å². The maximum Gasteiger partial charge on any atom is 0.262 e. The van der Waals surface area contributed by atoms with Crippen LogP contribution in [0.15, 0.2) is 57.7 Å². The summed E-state index contributed by atoms with van der Waals surface area (Å²) < 4.78 is 18.9. The summed E-state index contributed by atoms with van der Waals surface area (Å²) in [4.78, 5) is 25.2. The first-order valence-corrected chi connectivity index (χ1v) is 10.1. The Morgan fingerprint density at radius 1 is 1.09 bits per heavy atom. The number of carbonyl (C=O) groups excluding carboxylic acids is 1. The highest BCUT2D eigenvalue weighted by Crippen LogP contribution is 2.27. The molecule has 164 valence electrons. The number of amides is 1. The molecule has 0 aliphatic carbocycles. The minimum absolute atomic E-state index is 0.138. The maximum absolute atomic E-state index is 12.9. The van der Waals surface area contributed by atoms with Gasteiger partial charge in [-0.3, -0.25) is 14.3 Å². The molecule has 0 unspecified atom stereocenters. The highest BCUT2D eigenvalue weighted by Gasteiger charge is 2.16. The van der Waals surface area contributed by atoms with Crippen LogP contribution < -0.4 is 20.2 Å². The van der Waals surface area contributed by atoms with Crippen molar-refractivity contribution in [3.63, 3.8) is 0 Å². The average Bonchev–Trinajstić information content (AvgIpc) is 3.01. The van der Waals surface area contributed by atoms with E-state index in [4.69, 9.17) is 13.9 Å². The quantitative estimate of drug-likeness (QED) is 0.488.